The lowest BCUT2D eigenvalue weighted by Crippen LogP contribution is -2.39. The molecule has 1 aromatic heterocycles. The highest BCUT2D eigenvalue weighted by molar-refractivity contribution is 7.10. The van der Waals surface area contributed by atoms with E-state index in [-0.39, 0.29) is 11.9 Å². The maximum Gasteiger partial charge on any atom is 0.123 e. The predicted octanol–water partition coefficient (Wildman–Crippen LogP) is 3.51. The molecule has 20 heavy (non-hydrogen) atoms. The van der Waals surface area contributed by atoms with Crippen LogP contribution in [0, 0.1) is 5.82 Å². The second kappa shape index (κ2) is 5.64. The summed E-state index contributed by atoms with van der Waals surface area (Å²) in [6, 6.07) is 9.43. The Balaban J connectivity index is 1.91. The third-order valence-electron chi connectivity index (χ3n) is 4.18. The maximum absolute atomic E-state index is 13.5. The van der Waals surface area contributed by atoms with Crippen molar-refractivity contribution in [2.45, 2.75) is 25.4 Å². The number of nitrogens with zero attached hydrogens (tertiary/aromatic N) is 1. The van der Waals surface area contributed by atoms with E-state index in [1.807, 2.05) is 17.4 Å². The van der Waals surface area contributed by atoms with Gasteiger partial charge in [-0.2, -0.15) is 0 Å². The smallest absolute Gasteiger partial charge is 0.123 e. The van der Waals surface area contributed by atoms with Crippen LogP contribution in [0.5, 0.6) is 0 Å². The van der Waals surface area contributed by atoms with Crippen molar-refractivity contribution in [3.8, 4) is 0 Å². The lowest BCUT2D eigenvalue weighted by molar-refractivity contribution is 0.138. The first-order chi connectivity index (χ1) is 9.70. The van der Waals surface area contributed by atoms with Gasteiger partial charge in [0.05, 0.1) is 0 Å². The number of nitrogens with two attached hydrogens (primary N) is 1. The molecule has 0 spiro atoms. The van der Waals surface area contributed by atoms with E-state index in [0.29, 0.717) is 12.6 Å². The Morgan fingerprint density at radius 1 is 1.45 bits per heavy atom. The summed E-state index contributed by atoms with van der Waals surface area (Å²) in [6.07, 6.45) is 1.06. The normalized spacial score (nSPS) is 20.6. The molecule has 2 heterocycles. The largest absolute Gasteiger partial charge is 0.329 e. The molecule has 0 amide bonds. The van der Waals surface area contributed by atoms with Gasteiger partial charge >= 0.3 is 0 Å². The summed E-state index contributed by atoms with van der Waals surface area (Å²) in [5, 5.41) is 2.16. The molecule has 2 N–H and O–H groups in total. The van der Waals surface area contributed by atoms with Gasteiger partial charge in [0, 0.05) is 30.1 Å². The van der Waals surface area contributed by atoms with E-state index in [2.05, 4.69) is 23.3 Å². The number of rotatable bonds is 3. The van der Waals surface area contributed by atoms with Gasteiger partial charge in [0.2, 0.25) is 0 Å². The van der Waals surface area contributed by atoms with Crippen molar-refractivity contribution < 1.29 is 4.39 Å². The van der Waals surface area contributed by atoms with Crippen LogP contribution in [0.3, 0.4) is 0 Å². The van der Waals surface area contributed by atoms with Gasteiger partial charge in [-0.15, -0.1) is 11.3 Å². The van der Waals surface area contributed by atoms with Gasteiger partial charge in [0.15, 0.2) is 0 Å². The van der Waals surface area contributed by atoms with Gasteiger partial charge in [0.25, 0.3) is 0 Å². The Hall–Kier alpha value is -1.23. The van der Waals surface area contributed by atoms with E-state index in [9.17, 15) is 4.39 Å². The first-order valence-corrected chi connectivity index (χ1v) is 7.86. The molecule has 0 saturated carbocycles. The fourth-order valence-electron chi connectivity index (χ4n) is 3.13. The Morgan fingerprint density at radius 3 is 3.05 bits per heavy atom. The zero-order chi connectivity index (χ0) is 14.1. The van der Waals surface area contributed by atoms with Gasteiger partial charge < -0.3 is 5.73 Å². The number of benzene rings is 1. The van der Waals surface area contributed by atoms with Gasteiger partial charge in [-0.05, 0) is 48.1 Å². The Bertz CT molecular complexity index is 596. The fraction of sp³-hybridized carbons (Fsp3) is 0.375. The highest BCUT2D eigenvalue weighted by atomic mass is 32.1. The van der Waals surface area contributed by atoms with Crippen molar-refractivity contribution in [2.75, 3.05) is 13.1 Å². The zero-order valence-electron chi connectivity index (χ0n) is 11.6. The molecule has 0 fully saturated rings. The number of thiophene rings is 1. The van der Waals surface area contributed by atoms with Crippen LogP contribution >= 0.6 is 11.3 Å². The lowest BCUT2D eigenvalue weighted by atomic mass is 9.96. The summed E-state index contributed by atoms with van der Waals surface area (Å²) >= 11 is 1.83. The molecule has 2 atom stereocenters. The summed E-state index contributed by atoms with van der Waals surface area (Å²) < 4.78 is 13.5. The van der Waals surface area contributed by atoms with E-state index in [4.69, 9.17) is 5.73 Å². The average molecular weight is 290 g/mol. The summed E-state index contributed by atoms with van der Waals surface area (Å²) in [5.41, 5.74) is 8.35. The number of fused-ring (bicyclic) bond motifs is 1. The standard InChI is InChI=1S/C16H19FN2S/c1-11-14-6-8-20-16(14)5-7-19(11)15(10-18)12-3-2-4-13(17)9-12/h2-4,6,8-9,11,15H,5,7,10,18H2,1H3. The van der Waals surface area contributed by atoms with Gasteiger partial charge in [-0.3, -0.25) is 4.90 Å². The Morgan fingerprint density at radius 2 is 2.30 bits per heavy atom. The SMILES string of the molecule is CC1c2ccsc2CCN1C(CN)c1cccc(F)c1. The molecule has 1 aromatic carbocycles. The van der Waals surface area contributed by atoms with Crippen LogP contribution in [-0.4, -0.2) is 18.0 Å². The number of hydrogen-bond acceptors (Lipinski definition) is 3. The third-order valence-corrected chi connectivity index (χ3v) is 5.18. The molecule has 0 aliphatic carbocycles. The fourth-order valence-corrected chi connectivity index (χ4v) is 4.09. The topological polar surface area (TPSA) is 29.3 Å². The second-order valence-corrected chi connectivity index (χ2v) is 6.27. The highest BCUT2D eigenvalue weighted by Crippen LogP contribution is 2.37. The van der Waals surface area contributed by atoms with Crippen LogP contribution in [0.15, 0.2) is 35.7 Å². The molecule has 1 aliphatic heterocycles. The molecule has 106 valence electrons. The predicted molar refractivity (Wildman–Crippen MR) is 81.3 cm³/mol. The van der Waals surface area contributed by atoms with Gasteiger partial charge in [0.1, 0.15) is 5.82 Å². The maximum atomic E-state index is 13.5. The molecule has 0 saturated heterocycles. The van der Waals surface area contributed by atoms with E-state index < -0.39 is 0 Å². The van der Waals surface area contributed by atoms with Crippen molar-refractivity contribution in [3.63, 3.8) is 0 Å². The molecule has 2 nitrogen and oxygen atoms in total. The Kier molecular flexibility index (Phi) is 3.87. The third kappa shape index (κ3) is 2.39. The molecule has 3 rings (SSSR count). The minimum absolute atomic E-state index is 0.0775. The summed E-state index contributed by atoms with van der Waals surface area (Å²) in [5.74, 6) is -0.193. The van der Waals surface area contributed by atoms with E-state index in [1.165, 1.54) is 16.5 Å². The van der Waals surface area contributed by atoms with Crippen LogP contribution in [0.4, 0.5) is 4.39 Å². The summed E-state index contributed by atoms with van der Waals surface area (Å²) in [7, 11) is 0. The van der Waals surface area contributed by atoms with Crippen LogP contribution < -0.4 is 5.73 Å². The molecule has 0 bridgehead atoms. The molecule has 2 aromatic rings. The first-order valence-electron chi connectivity index (χ1n) is 6.98. The van der Waals surface area contributed by atoms with Crippen molar-refractivity contribution in [3.05, 3.63) is 57.5 Å². The van der Waals surface area contributed by atoms with Crippen molar-refractivity contribution in [2.24, 2.45) is 5.73 Å². The van der Waals surface area contributed by atoms with E-state index in [0.717, 1.165) is 18.5 Å². The minimum atomic E-state index is -0.193. The Labute approximate surface area is 123 Å². The lowest BCUT2D eigenvalue weighted by Gasteiger charge is -2.39. The molecular weight excluding hydrogens is 271 g/mol. The van der Waals surface area contributed by atoms with Crippen molar-refractivity contribution in [1.29, 1.82) is 0 Å². The van der Waals surface area contributed by atoms with Gasteiger partial charge in [-0.1, -0.05) is 12.1 Å². The van der Waals surface area contributed by atoms with Crippen LogP contribution in [0.25, 0.3) is 0 Å². The molecule has 0 radical (unpaired) electrons. The van der Waals surface area contributed by atoms with Crippen molar-refractivity contribution in [1.82, 2.24) is 4.90 Å². The molecule has 1 aliphatic rings. The van der Waals surface area contributed by atoms with Crippen LogP contribution in [0.1, 0.15) is 35.0 Å². The van der Waals surface area contributed by atoms with E-state index >= 15 is 0 Å². The quantitative estimate of drug-likeness (QED) is 0.937. The molecule has 2 unspecified atom stereocenters. The van der Waals surface area contributed by atoms with Crippen LogP contribution in [-0.2, 0) is 6.42 Å². The average Bonchev–Trinajstić information content (AvgIpc) is 2.91. The zero-order valence-corrected chi connectivity index (χ0v) is 12.4. The minimum Gasteiger partial charge on any atom is -0.329 e. The highest BCUT2D eigenvalue weighted by Gasteiger charge is 2.30. The molecular formula is C16H19FN2S. The van der Waals surface area contributed by atoms with Crippen LogP contribution in [0.2, 0.25) is 0 Å². The number of halogens is 1. The first kappa shape index (κ1) is 13.7. The number of hydrogen-bond donors (Lipinski definition) is 1. The van der Waals surface area contributed by atoms with E-state index in [1.54, 1.807) is 12.1 Å². The monoisotopic (exact) mass is 290 g/mol. The summed E-state index contributed by atoms with van der Waals surface area (Å²) in [4.78, 5) is 3.87. The van der Waals surface area contributed by atoms with Gasteiger partial charge in [-0.25, -0.2) is 4.39 Å². The van der Waals surface area contributed by atoms with Crippen molar-refractivity contribution >= 4 is 11.3 Å². The second-order valence-electron chi connectivity index (χ2n) is 5.27. The molecule has 4 heteroatoms. The summed E-state index contributed by atoms with van der Waals surface area (Å²) in [6.45, 7) is 3.70.